The van der Waals surface area contributed by atoms with E-state index >= 15 is 0 Å². The van der Waals surface area contributed by atoms with Gasteiger partial charge in [-0.25, -0.2) is 0 Å². The van der Waals surface area contributed by atoms with Gasteiger partial charge in [0, 0.05) is 19.4 Å². The molecule has 36 heavy (non-hydrogen) atoms. The number of hydrogen-bond acceptors (Lipinski definition) is 9. The van der Waals surface area contributed by atoms with Crippen LogP contribution in [0.15, 0.2) is 5.16 Å². The lowest BCUT2D eigenvalue weighted by atomic mass is 9.66. The highest BCUT2D eigenvalue weighted by Crippen LogP contribution is 2.42. The number of ether oxygens (including phenoxy) is 3. The maximum absolute atomic E-state index is 13.0. The molecule has 1 aliphatic heterocycles. The van der Waals surface area contributed by atoms with E-state index in [-0.39, 0.29) is 42.7 Å². The van der Waals surface area contributed by atoms with E-state index in [9.17, 15) is 19.8 Å². The number of carbonyl (C=O) groups is 2. The predicted molar refractivity (Wildman–Crippen MR) is 137 cm³/mol. The van der Waals surface area contributed by atoms with E-state index < -0.39 is 35.6 Å². The SMILES string of the molecule is CC[C@H]1OC(=O)[C@H](C)C(=O)C[C@@H](C)[C@](C)(CC)C[C@@H](C)/C(=N\OCOCCOC)C(C)C(O)[C@]1(C)O. The Morgan fingerprint density at radius 2 is 1.75 bits per heavy atom. The fourth-order valence-corrected chi connectivity index (χ4v) is 5.03. The molecule has 0 radical (unpaired) electrons. The zero-order valence-corrected chi connectivity index (χ0v) is 23.7. The first-order valence-electron chi connectivity index (χ1n) is 13.2. The van der Waals surface area contributed by atoms with Gasteiger partial charge in [-0.05, 0) is 43.9 Å². The second kappa shape index (κ2) is 14.4. The average Bonchev–Trinajstić information content (AvgIpc) is 2.84. The Balaban J connectivity index is 3.45. The lowest BCUT2D eigenvalue weighted by Crippen LogP contribution is -2.56. The van der Waals surface area contributed by atoms with Crippen LogP contribution >= 0.6 is 0 Å². The summed E-state index contributed by atoms with van der Waals surface area (Å²) >= 11 is 0. The number of aliphatic hydroxyl groups is 2. The number of carbonyl (C=O) groups excluding carboxylic acids is 2. The molecule has 8 atom stereocenters. The Morgan fingerprint density at radius 1 is 1.11 bits per heavy atom. The van der Waals surface area contributed by atoms with Gasteiger partial charge in [-0.1, -0.05) is 53.1 Å². The number of hydrogen-bond donors (Lipinski definition) is 2. The molecule has 0 bridgehead atoms. The number of Topliss-reactive ketones (excluding diaryl/α,β-unsaturated/α-hetero) is 1. The normalized spacial score (nSPS) is 38.5. The van der Waals surface area contributed by atoms with Crippen molar-refractivity contribution in [3.8, 4) is 0 Å². The summed E-state index contributed by atoms with van der Waals surface area (Å²) in [6.07, 6.45) is -0.317. The Kier molecular flexibility index (Phi) is 13.0. The predicted octanol–water partition coefficient (Wildman–Crippen LogP) is 3.74. The van der Waals surface area contributed by atoms with Crippen LogP contribution in [0.3, 0.4) is 0 Å². The Morgan fingerprint density at radius 3 is 2.31 bits per heavy atom. The van der Waals surface area contributed by atoms with Crippen molar-refractivity contribution in [3.05, 3.63) is 0 Å². The quantitative estimate of drug-likeness (QED) is 0.165. The monoisotopic (exact) mass is 515 g/mol. The van der Waals surface area contributed by atoms with Crippen molar-refractivity contribution in [2.45, 2.75) is 98.9 Å². The second-order valence-corrected chi connectivity index (χ2v) is 10.9. The van der Waals surface area contributed by atoms with Gasteiger partial charge in [-0.2, -0.15) is 0 Å². The van der Waals surface area contributed by atoms with Crippen LogP contribution in [0.5, 0.6) is 0 Å². The van der Waals surface area contributed by atoms with Gasteiger partial charge in [0.2, 0.25) is 6.79 Å². The van der Waals surface area contributed by atoms with Crippen molar-refractivity contribution in [2.75, 3.05) is 27.1 Å². The number of ketones is 1. The highest BCUT2D eigenvalue weighted by atomic mass is 16.7. The van der Waals surface area contributed by atoms with Crippen LogP contribution in [-0.2, 0) is 28.6 Å². The van der Waals surface area contributed by atoms with Gasteiger partial charge in [0.15, 0.2) is 0 Å². The molecule has 9 heteroatoms. The van der Waals surface area contributed by atoms with Crippen LogP contribution in [0, 0.1) is 29.1 Å². The van der Waals surface area contributed by atoms with E-state index in [0.717, 1.165) is 6.42 Å². The summed E-state index contributed by atoms with van der Waals surface area (Å²) in [7, 11) is 1.58. The van der Waals surface area contributed by atoms with Crippen molar-refractivity contribution in [1.82, 2.24) is 0 Å². The highest BCUT2D eigenvalue weighted by Gasteiger charge is 2.47. The zero-order valence-electron chi connectivity index (χ0n) is 23.7. The molecule has 0 amide bonds. The molecule has 0 aromatic rings. The number of nitrogens with zero attached hydrogens (tertiary/aromatic N) is 1. The number of aliphatic hydroxyl groups excluding tert-OH is 1. The van der Waals surface area contributed by atoms with Crippen molar-refractivity contribution < 1.29 is 38.9 Å². The molecule has 1 fully saturated rings. The summed E-state index contributed by atoms with van der Waals surface area (Å²) in [6, 6.07) is 0. The topological polar surface area (TPSA) is 124 Å². The summed E-state index contributed by atoms with van der Waals surface area (Å²) in [5.41, 5.74) is -1.45. The molecule has 0 saturated carbocycles. The smallest absolute Gasteiger partial charge is 0.316 e. The van der Waals surface area contributed by atoms with Gasteiger partial charge in [-0.3, -0.25) is 9.59 Å². The third-order valence-electron chi connectivity index (χ3n) is 8.18. The zero-order chi connectivity index (χ0) is 27.7. The molecule has 2 N–H and O–H groups in total. The summed E-state index contributed by atoms with van der Waals surface area (Å²) in [4.78, 5) is 31.3. The minimum Gasteiger partial charge on any atom is -0.459 e. The number of rotatable bonds is 8. The molecular weight excluding hydrogens is 466 g/mol. The molecule has 0 aromatic carbocycles. The molecule has 1 aliphatic rings. The summed E-state index contributed by atoms with van der Waals surface area (Å²) < 4.78 is 15.9. The Hall–Kier alpha value is -1.55. The van der Waals surface area contributed by atoms with Crippen molar-refractivity contribution in [1.29, 1.82) is 0 Å². The first-order valence-corrected chi connectivity index (χ1v) is 13.2. The molecule has 1 heterocycles. The second-order valence-electron chi connectivity index (χ2n) is 10.9. The summed E-state index contributed by atoms with van der Waals surface area (Å²) in [5.74, 6) is -2.56. The van der Waals surface area contributed by atoms with E-state index in [0.29, 0.717) is 25.3 Å². The third kappa shape index (κ3) is 8.23. The van der Waals surface area contributed by atoms with Gasteiger partial charge < -0.3 is 29.3 Å². The van der Waals surface area contributed by atoms with Crippen molar-refractivity contribution in [2.24, 2.45) is 34.2 Å². The third-order valence-corrected chi connectivity index (χ3v) is 8.18. The van der Waals surface area contributed by atoms with Crippen LogP contribution in [0.1, 0.15) is 81.1 Å². The number of methoxy groups -OCH3 is 1. The van der Waals surface area contributed by atoms with Crippen LogP contribution in [-0.4, -0.2) is 72.6 Å². The maximum atomic E-state index is 13.0. The van der Waals surface area contributed by atoms with Crippen LogP contribution < -0.4 is 0 Å². The molecule has 0 spiro atoms. The fraction of sp³-hybridized carbons (Fsp3) is 0.889. The van der Waals surface area contributed by atoms with Gasteiger partial charge in [-0.15, -0.1) is 0 Å². The van der Waals surface area contributed by atoms with Gasteiger partial charge in [0.1, 0.15) is 23.4 Å². The first kappa shape index (κ1) is 32.5. The van der Waals surface area contributed by atoms with E-state index in [2.05, 4.69) is 19.0 Å². The van der Waals surface area contributed by atoms with Gasteiger partial charge in [0.25, 0.3) is 0 Å². The minimum atomic E-state index is -1.78. The summed E-state index contributed by atoms with van der Waals surface area (Å²) in [5, 5.41) is 27.1. The first-order chi connectivity index (χ1) is 16.8. The number of cyclic esters (lactones) is 1. The lowest BCUT2D eigenvalue weighted by Gasteiger charge is -2.42. The average molecular weight is 516 g/mol. The van der Waals surface area contributed by atoms with Crippen LogP contribution in [0.2, 0.25) is 0 Å². The van der Waals surface area contributed by atoms with E-state index in [1.54, 1.807) is 27.9 Å². The van der Waals surface area contributed by atoms with E-state index in [1.807, 2.05) is 13.8 Å². The Labute approximate surface area is 216 Å². The van der Waals surface area contributed by atoms with Gasteiger partial charge in [0.05, 0.1) is 25.0 Å². The maximum Gasteiger partial charge on any atom is 0.316 e. The molecule has 1 saturated heterocycles. The highest BCUT2D eigenvalue weighted by molar-refractivity contribution is 5.98. The molecule has 0 aromatic heterocycles. The standard InChI is InChI=1S/C27H49NO8/c1-10-22-27(8,32)24(30)20(6)23(28-35-16-34-13-12-33-9)17(3)15-26(7,11-2)18(4)14-21(29)19(5)25(31)36-22/h17-20,22,24,30,32H,10-16H2,1-9H3/b28-23+/t17-,18-,19-,20?,22-,24?,26-,27-/m1/s1. The van der Waals surface area contributed by atoms with Crippen molar-refractivity contribution >= 4 is 17.5 Å². The largest absolute Gasteiger partial charge is 0.459 e. The molecule has 9 nitrogen and oxygen atoms in total. The van der Waals surface area contributed by atoms with E-state index in [4.69, 9.17) is 19.0 Å². The molecule has 1 rings (SSSR count). The Bertz CT molecular complexity index is 739. The van der Waals surface area contributed by atoms with Crippen LogP contribution in [0.25, 0.3) is 0 Å². The molecular formula is C27H49NO8. The number of esters is 1. The molecule has 2 unspecified atom stereocenters. The van der Waals surface area contributed by atoms with Crippen molar-refractivity contribution in [3.63, 3.8) is 0 Å². The molecule has 210 valence electrons. The summed E-state index contributed by atoms with van der Waals surface area (Å²) in [6.45, 7) is 15.5. The lowest BCUT2D eigenvalue weighted by molar-refractivity contribution is -0.186. The molecule has 0 aliphatic carbocycles. The number of oxime groups is 1. The van der Waals surface area contributed by atoms with Gasteiger partial charge >= 0.3 is 5.97 Å². The minimum absolute atomic E-state index is 0.000459. The van der Waals surface area contributed by atoms with E-state index in [1.165, 1.54) is 6.92 Å². The van der Waals surface area contributed by atoms with Crippen LogP contribution in [0.4, 0.5) is 0 Å². The fourth-order valence-electron chi connectivity index (χ4n) is 5.03.